The predicted octanol–water partition coefficient (Wildman–Crippen LogP) is 0.212. The van der Waals surface area contributed by atoms with Gasteiger partial charge in [-0.05, 0) is 6.07 Å². The molecule has 6 nitrogen and oxygen atoms in total. The largest absolute Gasteiger partial charge is 0.310 e. The number of hydrogen-bond donors (Lipinski definition) is 2. The van der Waals surface area contributed by atoms with Gasteiger partial charge in [0.2, 0.25) is 10.0 Å². The molecule has 0 saturated heterocycles. The molecule has 0 atom stereocenters. The van der Waals surface area contributed by atoms with Crippen LogP contribution in [-0.2, 0) is 23.6 Å². The number of rotatable bonds is 6. The van der Waals surface area contributed by atoms with Crippen LogP contribution in [0.5, 0.6) is 0 Å². The number of sulfonamides is 1. The Morgan fingerprint density at radius 2 is 2.00 bits per heavy atom. The fraction of sp³-hybridized carbons (Fsp3) is 0.417. The second-order valence-corrected chi connectivity index (χ2v) is 6.26. The molecule has 1 aromatic heterocycles. The first-order chi connectivity index (χ1) is 8.97. The Hall–Kier alpha value is -1.44. The van der Waals surface area contributed by atoms with Crippen molar-refractivity contribution in [1.29, 1.82) is 0 Å². The van der Waals surface area contributed by atoms with Gasteiger partial charge in [-0.3, -0.25) is 4.68 Å². The Bertz CT molecular complexity index is 663. The quantitative estimate of drug-likeness (QED) is 0.743. The third kappa shape index (κ3) is 3.76. The standard InChI is InChI=1S/C12H18N4O2S/c1-16-12-6-4-3-5-10(12)11(15-16)9-13-7-8-14-19(2,17)18/h3-6,13-14H,7-9H2,1-2H3. The minimum Gasteiger partial charge on any atom is -0.310 e. The first-order valence-electron chi connectivity index (χ1n) is 6.03. The Balaban J connectivity index is 1.92. The third-order valence-electron chi connectivity index (χ3n) is 2.79. The first kappa shape index (κ1) is 14.0. The van der Waals surface area contributed by atoms with Crippen LogP contribution in [0.15, 0.2) is 24.3 Å². The van der Waals surface area contributed by atoms with Crippen molar-refractivity contribution in [2.45, 2.75) is 6.54 Å². The molecule has 0 spiro atoms. The van der Waals surface area contributed by atoms with Gasteiger partial charge >= 0.3 is 0 Å². The summed E-state index contributed by atoms with van der Waals surface area (Å²) in [5.41, 5.74) is 2.06. The number of benzene rings is 1. The smallest absolute Gasteiger partial charge is 0.208 e. The number of para-hydroxylation sites is 1. The predicted molar refractivity (Wildman–Crippen MR) is 75.3 cm³/mol. The van der Waals surface area contributed by atoms with E-state index in [4.69, 9.17) is 0 Å². The maximum Gasteiger partial charge on any atom is 0.208 e. The molecule has 0 aliphatic heterocycles. The second kappa shape index (κ2) is 5.68. The molecule has 19 heavy (non-hydrogen) atoms. The third-order valence-corrected chi connectivity index (χ3v) is 3.52. The van der Waals surface area contributed by atoms with Crippen molar-refractivity contribution in [2.75, 3.05) is 19.3 Å². The van der Waals surface area contributed by atoms with Gasteiger partial charge < -0.3 is 5.32 Å². The summed E-state index contributed by atoms with van der Waals surface area (Å²) in [7, 11) is -1.20. The van der Waals surface area contributed by atoms with E-state index in [1.807, 2.05) is 36.0 Å². The van der Waals surface area contributed by atoms with Gasteiger partial charge in [-0.2, -0.15) is 5.10 Å². The van der Waals surface area contributed by atoms with Crippen molar-refractivity contribution in [3.05, 3.63) is 30.0 Å². The van der Waals surface area contributed by atoms with E-state index in [0.29, 0.717) is 19.6 Å². The van der Waals surface area contributed by atoms with Gasteiger partial charge in [0.25, 0.3) is 0 Å². The van der Waals surface area contributed by atoms with Gasteiger partial charge in [0.05, 0.1) is 17.5 Å². The van der Waals surface area contributed by atoms with E-state index in [1.165, 1.54) is 0 Å². The van der Waals surface area contributed by atoms with E-state index in [0.717, 1.165) is 22.9 Å². The Morgan fingerprint density at radius 1 is 1.26 bits per heavy atom. The molecule has 0 aliphatic carbocycles. The average Bonchev–Trinajstić information content (AvgIpc) is 2.65. The van der Waals surface area contributed by atoms with Crippen LogP contribution in [-0.4, -0.2) is 37.5 Å². The van der Waals surface area contributed by atoms with Crippen LogP contribution in [0.1, 0.15) is 5.69 Å². The molecule has 0 amide bonds. The Labute approximate surface area is 112 Å². The van der Waals surface area contributed by atoms with E-state index in [9.17, 15) is 8.42 Å². The lowest BCUT2D eigenvalue weighted by molar-refractivity contribution is 0.580. The van der Waals surface area contributed by atoms with Crippen LogP contribution < -0.4 is 10.0 Å². The van der Waals surface area contributed by atoms with Crippen LogP contribution in [0, 0.1) is 0 Å². The minimum absolute atomic E-state index is 0.379. The van der Waals surface area contributed by atoms with Gasteiger partial charge in [0.15, 0.2) is 0 Å². The van der Waals surface area contributed by atoms with Crippen molar-refractivity contribution in [3.63, 3.8) is 0 Å². The molecule has 1 aromatic carbocycles. The number of nitrogens with zero attached hydrogens (tertiary/aromatic N) is 2. The molecule has 2 rings (SSSR count). The molecule has 0 unspecified atom stereocenters. The highest BCUT2D eigenvalue weighted by Gasteiger charge is 2.07. The summed E-state index contributed by atoms with van der Waals surface area (Å²) in [4.78, 5) is 0. The van der Waals surface area contributed by atoms with Crippen LogP contribution in [0.4, 0.5) is 0 Å². The number of aromatic nitrogens is 2. The molecule has 2 aromatic rings. The lowest BCUT2D eigenvalue weighted by atomic mass is 10.2. The van der Waals surface area contributed by atoms with E-state index in [2.05, 4.69) is 15.1 Å². The zero-order chi connectivity index (χ0) is 13.9. The molecule has 0 saturated carbocycles. The summed E-state index contributed by atoms with van der Waals surface area (Å²) < 4.78 is 26.1. The van der Waals surface area contributed by atoms with Crippen LogP contribution in [0.25, 0.3) is 10.9 Å². The molecule has 2 N–H and O–H groups in total. The first-order valence-corrected chi connectivity index (χ1v) is 7.92. The summed E-state index contributed by atoms with van der Waals surface area (Å²) in [5, 5.41) is 8.75. The van der Waals surface area contributed by atoms with Crippen molar-refractivity contribution in [3.8, 4) is 0 Å². The lowest BCUT2D eigenvalue weighted by Gasteiger charge is -2.03. The molecule has 1 heterocycles. The topological polar surface area (TPSA) is 76.0 Å². The number of aryl methyl sites for hydroxylation is 1. The number of nitrogens with one attached hydrogen (secondary N) is 2. The molecule has 0 aliphatic rings. The van der Waals surface area contributed by atoms with Gasteiger partial charge in [-0.25, -0.2) is 13.1 Å². The van der Waals surface area contributed by atoms with Crippen molar-refractivity contribution < 1.29 is 8.42 Å². The van der Waals surface area contributed by atoms with Crippen molar-refractivity contribution in [1.82, 2.24) is 19.8 Å². The summed E-state index contributed by atoms with van der Waals surface area (Å²) in [6.45, 7) is 1.56. The Morgan fingerprint density at radius 3 is 2.74 bits per heavy atom. The molecule has 7 heteroatoms. The zero-order valence-electron chi connectivity index (χ0n) is 11.0. The summed E-state index contributed by atoms with van der Waals surface area (Å²) in [5.74, 6) is 0. The molecule has 0 bridgehead atoms. The fourth-order valence-electron chi connectivity index (χ4n) is 1.95. The molecule has 0 radical (unpaired) electrons. The molecule has 104 valence electrons. The van der Waals surface area contributed by atoms with Crippen LogP contribution >= 0.6 is 0 Å². The highest BCUT2D eigenvalue weighted by Crippen LogP contribution is 2.16. The lowest BCUT2D eigenvalue weighted by Crippen LogP contribution is -2.30. The average molecular weight is 282 g/mol. The van der Waals surface area contributed by atoms with Crippen molar-refractivity contribution in [2.24, 2.45) is 7.05 Å². The van der Waals surface area contributed by atoms with E-state index in [1.54, 1.807) is 0 Å². The van der Waals surface area contributed by atoms with Gasteiger partial charge in [-0.15, -0.1) is 0 Å². The Kier molecular flexibility index (Phi) is 4.18. The monoisotopic (exact) mass is 282 g/mol. The minimum atomic E-state index is -3.11. The van der Waals surface area contributed by atoms with Gasteiger partial charge in [-0.1, -0.05) is 18.2 Å². The fourth-order valence-corrected chi connectivity index (χ4v) is 2.42. The summed E-state index contributed by atoms with van der Waals surface area (Å²) in [6, 6.07) is 8.03. The number of fused-ring (bicyclic) bond motifs is 1. The maximum absolute atomic E-state index is 10.9. The van der Waals surface area contributed by atoms with Crippen LogP contribution in [0.2, 0.25) is 0 Å². The maximum atomic E-state index is 10.9. The van der Waals surface area contributed by atoms with E-state index >= 15 is 0 Å². The highest BCUT2D eigenvalue weighted by atomic mass is 32.2. The molecular formula is C12H18N4O2S. The van der Waals surface area contributed by atoms with Crippen LogP contribution in [0.3, 0.4) is 0 Å². The van der Waals surface area contributed by atoms with Gasteiger partial charge in [0, 0.05) is 32.1 Å². The summed E-state index contributed by atoms with van der Waals surface area (Å²) in [6.07, 6.45) is 1.15. The number of hydrogen-bond acceptors (Lipinski definition) is 4. The van der Waals surface area contributed by atoms with Crippen molar-refractivity contribution >= 4 is 20.9 Å². The highest BCUT2D eigenvalue weighted by molar-refractivity contribution is 7.88. The molecular weight excluding hydrogens is 264 g/mol. The van der Waals surface area contributed by atoms with E-state index < -0.39 is 10.0 Å². The second-order valence-electron chi connectivity index (χ2n) is 4.43. The SMILES string of the molecule is Cn1nc(CNCCNS(C)(=O)=O)c2ccccc21. The molecule has 0 fully saturated rings. The summed E-state index contributed by atoms with van der Waals surface area (Å²) >= 11 is 0. The van der Waals surface area contributed by atoms with Gasteiger partial charge in [0.1, 0.15) is 0 Å². The zero-order valence-corrected chi connectivity index (χ0v) is 11.9. The normalized spacial score (nSPS) is 12.1. The van der Waals surface area contributed by atoms with E-state index in [-0.39, 0.29) is 0 Å².